The number of fused-ring (bicyclic) bond motifs is 1. The van der Waals surface area contributed by atoms with Crippen molar-refractivity contribution in [1.82, 2.24) is 47.5 Å². The molecule has 25 heteroatoms. The number of aromatic hydroxyl groups is 1. The Balaban J connectivity index is 1.62. The van der Waals surface area contributed by atoms with Gasteiger partial charge in [-0.15, -0.1) is 12.3 Å². The fourth-order valence-electron chi connectivity index (χ4n) is 8.33. The first kappa shape index (κ1) is 62.2. The molecule has 0 unspecified atom stereocenters. The van der Waals surface area contributed by atoms with Gasteiger partial charge in [-0.2, -0.15) is 0 Å². The van der Waals surface area contributed by atoms with Crippen LogP contribution in [-0.4, -0.2) is 157 Å². The Morgan fingerprint density at radius 2 is 1.38 bits per heavy atom. The van der Waals surface area contributed by atoms with Gasteiger partial charge in [0.05, 0.1) is 12.2 Å². The second kappa shape index (κ2) is 31.1. The monoisotopic (exact) mass is 1130 g/mol. The molecule has 79 heavy (non-hydrogen) atoms. The van der Waals surface area contributed by atoms with Gasteiger partial charge >= 0.3 is 5.97 Å². The Labute approximate surface area is 464 Å². The van der Waals surface area contributed by atoms with E-state index in [2.05, 4.69) is 53.4 Å². The molecule has 0 bridgehead atoms. The minimum atomic E-state index is -1.85. The number of rotatable bonds is 20. The molecule has 5 rings (SSSR count). The van der Waals surface area contributed by atoms with Crippen molar-refractivity contribution in [3.05, 3.63) is 102 Å². The van der Waals surface area contributed by atoms with Crippen LogP contribution in [0.25, 0.3) is 10.9 Å². The van der Waals surface area contributed by atoms with Gasteiger partial charge in [0.25, 0.3) is 0 Å². The van der Waals surface area contributed by atoms with Gasteiger partial charge in [-0.25, -0.2) is 4.79 Å². The Bertz CT molecular complexity index is 2790. The number of carboxylic acid groups (broad SMARTS) is 1. The number of aliphatic carboxylic acids is 1. The average Bonchev–Trinajstić information content (AvgIpc) is 3.85. The molecule has 23 nitrogen and oxygen atoms in total. The van der Waals surface area contributed by atoms with Crippen molar-refractivity contribution >= 4 is 85.7 Å². The summed E-state index contributed by atoms with van der Waals surface area (Å²) in [5, 5.41) is 62.5. The van der Waals surface area contributed by atoms with Crippen molar-refractivity contribution in [2.45, 2.75) is 126 Å². The smallest absolute Gasteiger partial charge is 0.328 e. The van der Waals surface area contributed by atoms with Crippen LogP contribution >= 0.6 is 21.6 Å². The number of nitrogens with two attached hydrogens (primary N) is 1. The van der Waals surface area contributed by atoms with Crippen LogP contribution in [0, 0.1) is 12.3 Å². The lowest BCUT2D eigenvalue weighted by Crippen LogP contribution is -2.62. The van der Waals surface area contributed by atoms with Crippen LogP contribution in [0.5, 0.6) is 5.75 Å². The number of carbonyl (C=O) groups excluding carboxylic acids is 8. The maximum Gasteiger partial charge on any atom is 0.328 e. The number of hydrogen-bond acceptors (Lipinski definition) is 15. The number of amides is 8. The highest BCUT2D eigenvalue weighted by atomic mass is 33.1. The number of aliphatic hydroxyl groups is 2. The first-order valence-electron chi connectivity index (χ1n) is 25.5. The molecule has 0 radical (unpaired) electrons. The summed E-state index contributed by atoms with van der Waals surface area (Å²) in [5.41, 5.74) is 8.17. The number of nitrogens with one attached hydrogen (secondary N) is 9. The fraction of sp³-hybridized carbons (Fsp3) is 0.426. The second-order valence-corrected chi connectivity index (χ2v) is 21.5. The van der Waals surface area contributed by atoms with Crippen molar-refractivity contribution in [2.24, 2.45) is 5.73 Å². The number of phenols is 1. The summed E-state index contributed by atoms with van der Waals surface area (Å²) >= 11 is 0. The van der Waals surface area contributed by atoms with Gasteiger partial charge in [0, 0.05) is 60.7 Å². The van der Waals surface area contributed by atoms with Crippen molar-refractivity contribution in [3.63, 3.8) is 0 Å². The number of phenolic OH excluding ortho intramolecular Hbond substituents is 1. The van der Waals surface area contributed by atoms with E-state index in [1.165, 1.54) is 31.2 Å². The highest BCUT2D eigenvalue weighted by molar-refractivity contribution is 8.76. The number of terminal acetylenes is 1. The molecule has 10 atom stereocenters. The number of para-hydroxylation sites is 1. The largest absolute Gasteiger partial charge is 0.508 e. The Morgan fingerprint density at radius 3 is 2.04 bits per heavy atom. The molecule has 424 valence electrons. The van der Waals surface area contributed by atoms with Gasteiger partial charge in [-0.1, -0.05) is 82.3 Å². The number of carbonyl (C=O) groups is 9. The molecule has 15 N–H and O–H groups in total. The molecule has 1 saturated heterocycles. The summed E-state index contributed by atoms with van der Waals surface area (Å²) in [5.74, 6) is -7.23. The molecule has 1 aliphatic rings. The van der Waals surface area contributed by atoms with Gasteiger partial charge in [0.15, 0.2) is 6.04 Å². The molecule has 0 saturated carbocycles. The van der Waals surface area contributed by atoms with Gasteiger partial charge in [-0.05, 0) is 74.5 Å². The SMILES string of the molecule is C#CCCC(=O)N[C@H](Cc1ccccc1)C(=O)N[C@H]1CSSC[C@@H](C(=O)N[C@H](C(=O)O)[C@@H](C)O)NC(=O)[C@H]([C@@H](C)O)NC(=O)[C@H](CCCCN)NC(=O)[C@@H](Cc2c[nH]c3ccccc23)NC(=O)[C@H](Cc2ccc(O)cc2)NC1=O. The van der Waals surface area contributed by atoms with E-state index in [-0.39, 0.29) is 68.7 Å². The lowest BCUT2D eigenvalue weighted by Gasteiger charge is -2.29. The maximum absolute atomic E-state index is 14.9. The first-order chi connectivity index (χ1) is 37.8. The van der Waals surface area contributed by atoms with Crippen LogP contribution in [0.2, 0.25) is 0 Å². The highest BCUT2D eigenvalue weighted by Gasteiger charge is 2.37. The number of aromatic nitrogens is 1. The molecule has 3 aromatic carbocycles. The zero-order chi connectivity index (χ0) is 57.6. The molecule has 0 spiro atoms. The Hall–Kier alpha value is -7.63. The maximum atomic E-state index is 14.9. The lowest BCUT2D eigenvalue weighted by molar-refractivity contribution is -0.145. The summed E-state index contributed by atoms with van der Waals surface area (Å²) < 4.78 is 0. The molecule has 8 amide bonds. The zero-order valence-electron chi connectivity index (χ0n) is 43.6. The van der Waals surface area contributed by atoms with Crippen LogP contribution in [0.4, 0.5) is 0 Å². The summed E-state index contributed by atoms with van der Waals surface area (Å²) in [4.78, 5) is 130. The third-order valence-electron chi connectivity index (χ3n) is 12.7. The van der Waals surface area contributed by atoms with Crippen molar-refractivity contribution in [2.75, 3.05) is 18.1 Å². The van der Waals surface area contributed by atoms with Crippen LogP contribution in [-0.2, 0) is 62.4 Å². The third-order valence-corrected chi connectivity index (χ3v) is 15.1. The number of carboxylic acids is 1. The number of H-pyrrole nitrogens is 1. The Kier molecular flexibility index (Phi) is 24.5. The molecule has 4 aromatic rings. The van der Waals surface area contributed by atoms with Gasteiger partial charge < -0.3 is 73.7 Å². The van der Waals surface area contributed by atoms with Crippen LogP contribution in [0.1, 0.15) is 62.6 Å². The molecule has 1 fully saturated rings. The first-order valence-corrected chi connectivity index (χ1v) is 28.0. The van der Waals surface area contributed by atoms with Crippen LogP contribution in [0.15, 0.2) is 85.1 Å². The van der Waals surface area contributed by atoms with Crippen LogP contribution in [0.3, 0.4) is 0 Å². The zero-order valence-corrected chi connectivity index (χ0v) is 45.2. The average molecular weight is 1130 g/mol. The fourth-order valence-corrected chi connectivity index (χ4v) is 10.7. The van der Waals surface area contributed by atoms with E-state index >= 15 is 0 Å². The predicted molar refractivity (Wildman–Crippen MR) is 296 cm³/mol. The van der Waals surface area contributed by atoms with E-state index in [0.29, 0.717) is 34.0 Å². The molecule has 1 aliphatic heterocycles. The molecular formula is C54H68N10O13S2. The minimum absolute atomic E-state index is 0.0292. The van der Waals surface area contributed by atoms with Crippen molar-refractivity contribution in [3.8, 4) is 18.1 Å². The molecule has 1 aromatic heterocycles. The Morgan fingerprint density at radius 1 is 0.747 bits per heavy atom. The van der Waals surface area contributed by atoms with Crippen LogP contribution < -0.4 is 48.3 Å². The van der Waals surface area contributed by atoms with E-state index in [1.54, 1.807) is 60.8 Å². The van der Waals surface area contributed by atoms with E-state index in [0.717, 1.165) is 28.5 Å². The van der Waals surface area contributed by atoms with E-state index in [1.807, 2.05) is 0 Å². The number of hydrogen-bond donors (Lipinski definition) is 14. The molecule has 2 heterocycles. The number of benzene rings is 3. The normalized spacial score (nSPS) is 21.4. The minimum Gasteiger partial charge on any atom is -0.508 e. The molecular weight excluding hydrogens is 1060 g/mol. The lowest BCUT2D eigenvalue weighted by atomic mass is 10.0. The van der Waals surface area contributed by atoms with E-state index in [9.17, 15) is 63.6 Å². The van der Waals surface area contributed by atoms with Gasteiger partial charge in [-0.3, -0.25) is 38.4 Å². The van der Waals surface area contributed by atoms with Gasteiger partial charge in [0.2, 0.25) is 47.3 Å². The van der Waals surface area contributed by atoms with Crippen molar-refractivity contribution in [1.29, 1.82) is 0 Å². The van der Waals surface area contributed by atoms with E-state index < -0.39 is 114 Å². The quantitative estimate of drug-likeness (QED) is 0.0303. The summed E-state index contributed by atoms with van der Waals surface area (Å²) in [6.07, 6.45) is 3.99. The number of aromatic amines is 1. The van der Waals surface area contributed by atoms with Gasteiger partial charge in [0.1, 0.15) is 48.0 Å². The van der Waals surface area contributed by atoms with Crippen molar-refractivity contribution < 1.29 is 63.6 Å². The summed E-state index contributed by atoms with van der Waals surface area (Å²) in [7, 11) is 1.78. The second-order valence-electron chi connectivity index (χ2n) is 18.9. The van der Waals surface area contributed by atoms with E-state index in [4.69, 9.17) is 12.2 Å². The molecule has 0 aliphatic carbocycles. The summed E-state index contributed by atoms with van der Waals surface area (Å²) in [6, 6.07) is 9.20. The standard InChI is InChI=1S/C54H68N10O13S2/c1-4-5-18-44(68)57-39(24-32-13-7-6-8-14-32)48(70)61-42-28-78-79-29-43(52(74)64-46(31(3)66)54(76)77)62-53(75)45(30(2)65)63-47(69)38(17-11-12-23-55)58-50(72)41(26-34-27-56-37-16-10-9-15-36(34)37)60-49(71)40(59-51(42)73)25-33-19-21-35(67)22-20-33/h1,6-10,13-16,19-22,27,30-31,38-43,45-46,56,65-67H,5,11-12,17-18,23-26,28-29,55H2,2-3H3,(H,57,68)(H,58,72)(H,59,73)(H,60,71)(H,61,70)(H,62,75)(H,63,69)(H,64,74)(H,76,77)/t30-,31-,38+,39-,40+,41-,42+,43+,45+,46+/m1/s1. The summed E-state index contributed by atoms with van der Waals surface area (Å²) in [6.45, 7) is 2.52. The predicted octanol–water partition coefficient (Wildman–Crippen LogP) is -0.437. The number of unbranched alkanes of at least 4 members (excludes halogenated alkanes) is 1. The highest BCUT2D eigenvalue weighted by Crippen LogP contribution is 2.25. The topological polar surface area (TPSA) is 373 Å². The number of aliphatic hydroxyl groups excluding tert-OH is 2. The third kappa shape index (κ3) is 19.4.